The Hall–Kier alpha value is -2.76. The molecule has 3 rings (SSSR count). The van der Waals surface area contributed by atoms with Gasteiger partial charge >= 0.3 is 5.97 Å². The van der Waals surface area contributed by atoms with Crippen molar-refractivity contribution in [2.75, 3.05) is 7.11 Å². The van der Waals surface area contributed by atoms with Gasteiger partial charge in [-0.2, -0.15) is 0 Å². The van der Waals surface area contributed by atoms with Crippen LogP contribution in [0.25, 0.3) is 5.65 Å². The minimum absolute atomic E-state index is 0.379. The average Bonchev–Trinajstić information content (AvgIpc) is 2.90. The molecule has 6 nitrogen and oxygen atoms in total. The smallest absolute Gasteiger partial charge is 0.339 e. The van der Waals surface area contributed by atoms with Crippen LogP contribution in [0.4, 0.5) is 0 Å². The van der Waals surface area contributed by atoms with Gasteiger partial charge in [0.25, 0.3) is 0 Å². The van der Waals surface area contributed by atoms with Gasteiger partial charge in [0.15, 0.2) is 5.65 Å². The summed E-state index contributed by atoms with van der Waals surface area (Å²) in [6.07, 6.45) is 5.78. The molecule has 0 aliphatic heterocycles. The number of fused-ring (bicyclic) bond motifs is 1. The van der Waals surface area contributed by atoms with Crippen molar-refractivity contribution in [1.29, 1.82) is 0 Å². The quantitative estimate of drug-likeness (QED) is 0.673. The van der Waals surface area contributed by atoms with Gasteiger partial charge in [0.05, 0.1) is 12.7 Å². The van der Waals surface area contributed by atoms with E-state index in [0.29, 0.717) is 17.6 Å². The maximum atomic E-state index is 11.6. The van der Waals surface area contributed by atoms with E-state index in [1.807, 2.05) is 12.1 Å². The van der Waals surface area contributed by atoms with E-state index in [1.54, 1.807) is 35.1 Å². The van der Waals surface area contributed by atoms with Crippen molar-refractivity contribution in [2.45, 2.75) is 6.42 Å². The van der Waals surface area contributed by atoms with E-state index in [0.717, 1.165) is 11.4 Å². The first-order valence-corrected chi connectivity index (χ1v) is 6.09. The minimum atomic E-state index is -0.379. The molecular formula is C14H12N4O2. The van der Waals surface area contributed by atoms with Gasteiger partial charge < -0.3 is 4.74 Å². The summed E-state index contributed by atoms with van der Waals surface area (Å²) in [4.78, 5) is 15.5. The largest absolute Gasteiger partial charge is 0.465 e. The Morgan fingerprint density at radius 3 is 2.75 bits per heavy atom. The zero-order valence-corrected chi connectivity index (χ0v) is 10.9. The number of rotatable bonds is 3. The Bertz CT molecular complexity index is 752. The van der Waals surface area contributed by atoms with Crippen molar-refractivity contribution in [1.82, 2.24) is 19.6 Å². The molecule has 0 atom stereocenters. The van der Waals surface area contributed by atoms with E-state index in [4.69, 9.17) is 4.74 Å². The summed E-state index contributed by atoms with van der Waals surface area (Å²) < 4.78 is 6.52. The van der Waals surface area contributed by atoms with Gasteiger partial charge in [0.2, 0.25) is 0 Å². The fraction of sp³-hybridized carbons (Fsp3) is 0.143. The summed E-state index contributed by atoms with van der Waals surface area (Å²) in [5, 5.41) is 8.24. The van der Waals surface area contributed by atoms with Crippen LogP contribution in [0.1, 0.15) is 21.7 Å². The topological polar surface area (TPSA) is 69.4 Å². The molecule has 100 valence electrons. The molecule has 6 heteroatoms. The van der Waals surface area contributed by atoms with Gasteiger partial charge in [-0.15, -0.1) is 10.2 Å². The molecule has 20 heavy (non-hydrogen) atoms. The molecule has 0 aliphatic rings. The maximum absolute atomic E-state index is 11.6. The third kappa shape index (κ3) is 2.23. The Labute approximate surface area is 115 Å². The number of esters is 1. The van der Waals surface area contributed by atoms with Crippen LogP contribution in [-0.4, -0.2) is 32.7 Å². The highest BCUT2D eigenvalue weighted by Gasteiger charge is 2.10. The lowest BCUT2D eigenvalue weighted by molar-refractivity contribution is 0.0600. The van der Waals surface area contributed by atoms with Crippen LogP contribution in [0.2, 0.25) is 0 Å². The first-order chi connectivity index (χ1) is 9.78. The monoisotopic (exact) mass is 268 g/mol. The lowest BCUT2D eigenvalue weighted by Crippen LogP contribution is -2.04. The molecule has 0 fully saturated rings. The number of aromatic nitrogens is 4. The zero-order chi connectivity index (χ0) is 13.9. The van der Waals surface area contributed by atoms with Crippen molar-refractivity contribution in [3.8, 4) is 0 Å². The van der Waals surface area contributed by atoms with Crippen LogP contribution in [0.5, 0.6) is 0 Å². The molecule has 0 saturated heterocycles. The van der Waals surface area contributed by atoms with E-state index in [2.05, 4.69) is 15.2 Å². The molecule has 0 radical (unpaired) electrons. The highest BCUT2D eigenvalue weighted by molar-refractivity contribution is 5.89. The SMILES string of the molecule is COC(=O)c1ccc2nnc(Cc3ccncc3)n2c1. The van der Waals surface area contributed by atoms with Crippen molar-refractivity contribution < 1.29 is 9.53 Å². The second kappa shape index (κ2) is 5.08. The van der Waals surface area contributed by atoms with Crippen LogP contribution < -0.4 is 0 Å². The summed E-state index contributed by atoms with van der Waals surface area (Å²) in [5.74, 6) is 0.382. The lowest BCUT2D eigenvalue weighted by atomic mass is 10.2. The van der Waals surface area contributed by atoms with Gasteiger partial charge in [-0.05, 0) is 29.8 Å². The first kappa shape index (κ1) is 12.3. The van der Waals surface area contributed by atoms with Gasteiger partial charge in [-0.1, -0.05) is 0 Å². The second-order valence-corrected chi connectivity index (χ2v) is 4.29. The Kier molecular flexibility index (Phi) is 3.12. The molecule has 0 spiro atoms. The van der Waals surface area contributed by atoms with E-state index >= 15 is 0 Å². The van der Waals surface area contributed by atoms with Crippen LogP contribution in [0.15, 0.2) is 42.9 Å². The Morgan fingerprint density at radius 1 is 1.20 bits per heavy atom. The van der Waals surface area contributed by atoms with E-state index < -0.39 is 0 Å². The van der Waals surface area contributed by atoms with Gasteiger partial charge in [0.1, 0.15) is 5.82 Å². The molecule has 3 heterocycles. The molecule has 0 saturated carbocycles. The number of carbonyl (C=O) groups is 1. The highest BCUT2D eigenvalue weighted by Crippen LogP contribution is 2.11. The number of carbonyl (C=O) groups excluding carboxylic acids is 1. The molecule has 0 bridgehead atoms. The number of ether oxygens (including phenoxy) is 1. The third-order valence-corrected chi connectivity index (χ3v) is 3.01. The predicted molar refractivity (Wildman–Crippen MR) is 71.4 cm³/mol. The van der Waals surface area contributed by atoms with Crippen molar-refractivity contribution in [3.05, 3.63) is 59.8 Å². The Balaban J connectivity index is 2.01. The zero-order valence-electron chi connectivity index (χ0n) is 10.9. The summed E-state index contributed by atoms with van der Waals surface area (Å²) in [7, 11) is 1.36. The fourth-order valence-corrected chi connectivity index (χ4v) is 1.98. The average molecular weight is 268 g/mol. The maximum Gasteiger partial charge on any atom is 0.339 e. The summed E-state index contributed by atoms with van der Waals surface area (Å²) in [6, 6.07) is 7.26. The summed E-state index contributed by atoms with van der Waals surface area (Å²) >= 11 is 0. The van der Waals surface area contributed by atoms with Crippen LogP contribution in [0, 0.1) is 0 Å². The van der Waals surface area contributed by atoms with Gasteiger partial charge in [-0.3, -0.25) is 9.38 Å². The Morgan fingerprint density at radius 2 is 2.00 bits per heavy atom. The van der Waals surface area contributed by atoms with Gasteiger partial charge in [-0.25, -0.2) is 4.79 Å². The second-order valence-electron chi connectivity index (χ2n) is 4.29. The molecule has 3 aromatic heterocycles. The van der Waals surface area contributed by atoms with Crippen molar-refractivity contribution in [2.24, 2.45) is 0 Å². The van der Waals surface area contributed by atoms with E-state index in [1.165, 1.54) is 7.11 Å². The molecule has 0 N–H and O–H groups in total. The van der Waals surface area contributed by atoms with E-state index in [9.17, 15) is 4.79 Å². The molecule has 3 aromatic rings. The number of hydrogen-bond donors (Lipinski definition) is 0. The molecule has 0 aromatic carbocycles. The minimum Gasteiger partial charge on any atom is -0.465 e. The van der Waals surface area contributed by atoms with Gasteiger partial charge in [0, 0.05) is 25.0 Å². The van der Waals surface area contributed by atoms with Crippen LogP contribution >= 0.6 is 0 Å². The standard InChI is InChI=1S/C14H12N4O2/c1-20-14(19)11-2-3-12-16-17-13(18(12)9-11)8-10-4-6-15-7-5-10/h2-7,9H,8H2,1H3. The normalized spacial score (nSPS) is 10.7. The molecular weight excluding hydrogens is 256 g/mol. The van der Waals surface area contributed by atoms with Crippen molar-refractivity contribution >= 4 is 11.6 Å². The highest BCUT2D eigenvalue weighted by atomic mass is 16.5. The van der Waals surface area contributed by atoms with Crippen LogP contribution in [0.3, 0.4) is 0 Å². The third-order valence-electron chi connectivity index (χ3n) is 3.01. The molecule has 0 unspecified atom stereocenters. The summed E-state index contributed by atoms with van der Waals surface area (Å²) in [6.45, 7) is 0. The number of hydrogen-bond acceptors (Lipinski definition) is 5. The number of nitrogens with zero attached hydrogens (tertiary/aromatic N) is 4. The molecule has 0 amide bonds. The summed E-state index contributed by atoms with van der Waals surface area (Å²) in [5.41, 5.74) is 2.25. The van der Waals surface area contributed by atoms with E-state index in [-0.39, 0.29) is 5.97 Å². The molecule has 0 aliphatic carbocycles. The number of methoxy groups -OCH3 is 1. The first-order valence-electron chi connectivity index (χ1n) is 6.09. The van der Waals surface area contributed by atoms with Crippen molar-refractivity contribution in [3.63, 3.8) is 0 Å². The lowest BCUT2D eigenvalue weighted by Gasteiger charge is -2.03. The number of pyridine rings is 2. The fourth-order valence-electron chi connectivity index (χ4n) is 1.98. The van der Waals surface area contributed by atoms with Crippen LogP contribution in [-0.2, 0) is 11.2 Å². The predicted octanol–water partition coefficient (Wildman–Crippen LogP) is 1.50.